The lowest BCUT2D eigenvalue weighted by Gasteiger charge is -2.05. The molecule has 0 bridgehead atoms. The van der Waals surface area contributed by atoms with E-state index >= 15 is 0 Å². The third kappa shape index (κ3) is 3.41. The number of carbonyl (C=O) groups is 1. The summed E-state index contributed by atoms with van der Waals surface area (Å²) in [6.07, 6.45) is 2.13. The third-order valence-electron chi connectivity index (χ3n) is 2.45. The molecule has 94 valence electrons. The van der Waals surface area contributed by atoms with E-state index in [1.54, 1.807) is 16.8 Å². The van der Waals surface area contributed by atoms with Crippen LogP contribution in [0.25, 0.3) is 0 Å². The Morgan fingerprint density at radius 2 is 2.28 bits per heavy atom. The molecule has 4 nitrogen and oxygen atoms in total. The molecular weight excluding hydrogens is 233 g/mol. The predicted octanol–water partition coefficient (Wildman–Crippen LogP) is 2.36. The standard InChI is InChI=1S/C13H14FN3O/c1-10-5-7-17(16-10)8-6-13(18)15-12-4-2-3-11(14)9-12/h2-5,7,9H,6,8H2,1H3,(H,15,18). The van der Waals surface area contributed by atoms with Gasteiger partial charge in [0.25, 0.3) is 0 Å². The summed E-state index contributed by atoms with van der Waals surface area (Å²) in [4.78, 5) is 11.6. The molecule has 1 aromatic carbocycles. The highest BCUT2D eigenvalue weighted by Crippen LogP contribution is 2.09. The van der Waals surface area contributed by atoms with Gasteiger partial charge in [-0.1, -0.05) is 6.07 Å². The topological polar surface area (TPSA) is 46.9 Å². The lowest BCUT2D eigenvalue weighted by molar-refractivity contribution is -0.116. The molecule has 18 heavy (non-hydrogen) atoms. The lowest BCUT2D eigenvalue weighted by Crippen LogP contribution is -2.14. The smallest absolute Gasteiger partial charge is 0.226 e. The van der Waals surface area contributed by atoms with Crippen molar-refractivity contribution in [2.75, 3.05) is 5.32 Å². The van der Waals surface area contributed by atoms with Gasteiger partial charge < -0.3 is 5.32 Å². The lowest BCUT2D eigenvalue weighted by atomic mass is 10.3. The number of hydrogen-bond donors (Lipinski definition) is 1. The van der Waals surface area contributed by atoms with Crippen molar-refractivity contribution in [2.45, 2.75) is 19.9 Å². The van der Waals surface area contributed by atoms with Crippen LogP contribution in [0.4, 0.5) is 10.1 Å². The van der Waals surface area contributed by atoms with Crippen molar-refractivity contribution < 1.29 is 9.18 Å². The van der Waals surface area contributed by atoms with Gasteiger partial charge in [0.15, 0.2) is 0 Å². The minimum Gasteiger partial charge on any atom is -0.326 e. The van der Waals surface area contributed by atoms with Crippen molar-refractivity contribution in [1.82, 2.24) is 9.78 Å². The second-order valence-corrected chi connectivity index (χ2v) is 4.03. The normalized spacial score (nSPS) is 10.3. The average Bonchev–Trinajstić information content (AvgIpc) is 2.73. The number of hydrogen-bond acceptors (Lipinski definition) is 2. The van der Waals surface area contributed by atoms with Crippen LogP contribution >= 0.6 is 0 Å². The zero-order valence-corrected chi connectivity index (χ0v) is 10.1. The molecule has 0 aliphatic heterocycles. The van der Waals surface area contributed by atoms with Crippen LogP contribution in [0.15, 0.2) is 36.5 Å². The van der Waals surface area contributed by atoms with Crippen LogP contribution in [0.1, 0.15) is 12.1 Å². The minimum atomic E-state index is -0.365. The molecule has 0 aliphatic rings. The van der Waals surface area contributed by atoms with E-state index < -0.39 is 0 Å². The highest BCUT2D eigenvalue weighted by Gasteiger charge is 2.04. The number of nitrogens with one attached hydrogen (secondary N) is 1. The van der Waals surface area contributed by atoms with E-state index in [-0.39, 0.29) is 11.7 Å². The maximum absolute atomic E-state index is 12.9. The van der Waals surface area contributed by atoms with Crippen LogP contribution in [0, 0.1) is 12.7 Å². The van der Waals surface area contributed by atoms with Gasteiger partial charge in [0.05, 0.1) is 5.69 Å². The molecule has 0 atom stereocenters. The monoisotopic (exact) mass is 247 g/mol. The molecule has 0 saturated heterocycles. The molecule has 1 aromatic heterocycles. The van der Waals surface area contributed by atoms with E-state index in [1.807, 2.05) is 19.2 Å². The SMILES string of the molecule is Cc1ccn(CCC(=O)Nc2cccc(F)c2)n1. The molecule has 0 aliphatic carbocycles. The van der Waals surface area contributed by atoms with Gasteiger partial charge in [0.2, 0.25) is 5.91 Å². The van der Waals surface area contributed by atoms with Gasteiger partial charge in [-0.3, -0.25) is 9.48 Å². The molecule has 0 radical (unpaired) electrons. The molecule has 2 rings (SSSR count). The van der Waals surface area contributed by atoms with Gasteiger partial charge in [0.1, 0.15) is 5.82 Å². The van der Waals surface area contributed by atoms with Crippen molar-refractivity contribution in [3.8, 4) is 0 Å². The van der Waals surface area contributed by atoms with E-state index in [0.29, 0.717) is 18.7 Å². The number of benzene rings is 1. The summed E-state index contributed by atoms with van der Waals surface area (Å²) in [5.41, 5.74) is 1.39. The van der Waals surface area contributed by atoms with E-state index in [2.05, 4.69) is 10.4 Å². The first-order chi connectivity index (χ1) is 8.63. The van der Waals surface area contributed by atoms with Crippen molar-refractivity contribution in [2.24, 2.45) is 0 Å². The highest BCUT2D eigenvalue weighted by atomic mass is 19.1. The highest BCUT2D eigenvalue weighted by molar-refractivity contribution is 5.90. The first kappa shape index (κ1) is 12.3. The molecule has 0 spiro atoms. The van der Waals surface area contributed by atoms with Crippen molar-refractivity contribution in [1.29, 1.82) is 0 Å². The predicted molar refractivity (Wildman–Crippen MR) is 66.6 cm³/mol. The first-order valence-electron chi connectivity index (χ1n) is 5.69. The number of aryl methyl sites for hydroxylation is 2. The van der Waals surface area contributed by atoms with E-state index in [4.69, 9.17) is 0 Å². The van der Waals surface area contributed by atoms with Gasteiger partial charge in [-0.15, -0.1) is 0 Å². The maximum Gasteiger partial charge on any atom is 0.226 e. The fourth-order valence-electron chi connectivity index (χ4n) is 1.59. The van der Waals surface area contributed by atoms with Crippen LogP contribution in [-0.4, -0.2) is 15.7 Å². The van der Waals surface area contributed by atoms with Crippen LogP contribution in [0.2, 0.25) is 0 Å². The molecule has 0 unspecified atom stereocenters. The fourth-order valence-corrected chi connectivity index (χ4v) is 1.59. The molecule has 1 N–H and O–H groups in total. The van der Waals surface area contributed by atoms with Crippen LogP contribution in [0.5, 0.6) is 0 Å². The Bertz CT molecular complexity index is 551. The largest absolute Gasteiger partial charge is 0.326 e. The van der Waals surface area contributed by atoms with Gasteiger partial charge in [-0.25, -0.2) is 4.39 Å². The van der Waals surface area contributed by atoms with Crippen molar-refractivity contribution in [3.05, 3.63) is 48.0 Å². The number of rotatable bonds is 4. The quantitative estimate of drug-likeness (QED) is 0.901. The van der Waals surface area contributed by atoms with Crippen molar-refractivity contribution >= 4 is 11.6 Å². The van der Waals surface area contributed by atoms with Gasteiger partial charge in [-0.05, 0) is 31.2 Å². The summed E-state index contributed by atoms with van der Waals surface area (Å²) in [6, 6.07) is 7.71. The summed E-state index contributed by atoms with van der Waals surface area (Å²) in [5, 5.41) is 6.82. The number of anilines is 1. The maximum atomic E-state index is 12.9. The molecule has 1 heterocycles. The molecule has 2 aromatic rings. The number of carbonyl (C=O) groups excluding carboxylic acids is 1. The zero-order valence-electron chi connectivity index (χ0n) is 10.1. The summed E-state index contributed by atoms with van der Waals surface area (Å²) in [6.45, 7) is 2.40. The number of aromatic nitrogens is 2. The van der Waals surface area contributed by atoms with E-state index in [9.17, 15) is 9.18 Å². The Balaban J connectivity index is 1.85. The summed E-state index contributed by atoms with van der Waals surface area (Å²) < 4.78 is 14.6. The molecule has 5 heteroatoms. The fraction of sp³-hybridized carbons (Fsp3) is 0.231. The summed E-state index contributed by atoms with van der Waals surface area (Å²) in [5.74, 6) is -0.524. The van der Waals surface area contributed by atoms with Gasteiger partial charge >= 0.3 is 0 Å². The first-order valence-corrected chi connectivity index (χ1v) is 5.69. The number of nitrogens with zero attached hydrogens (tertiary/aromatic N) is 2. The Hall–Kier alpha value is -2.17. The number of amides is 1. The Morgan fingerprint density at radius 3 is 2.94 bits per heavy atom. The van der Waals surface area contributed by atoms with Gasteiger partial charge in [-0.2, -0.15) is 5.10 Å². The Morgan fingerprint density at radius 1 is 1.44 bits per heavy atom. The number of halogens is 1. The van der Waals surface area contributed by atoms with E-state index in [1.165, 1.54) is 12.1 Å². The molecule has 0 fully saturated rings. The average molecular weight is 247 g/mol. The Kier molecular flexibility index (Phi) is 3.72. The third-order valence-corrected chi connectivity index (χ3v) is 2.45. The second-order valence-electron chi connectivity index (χ2n) is 4.03. The molecular formula is C13H14FN3O. The Labute approximate surface area is 104 Å². The second kappa shape index (κ2) is 5.44. The van der Waals surface area contributed by atoms with Crippen LogP contribution < -0.4 is 5.32 Å². The van der Waals surface area contributed by atoms with E-state index in [0.717, 1.165) is 5.69 Å². The van der Waals surface area contributed by atoms with Gasteiger partial charge in [0, 0.05) is 24.8 Å². The molecule has 0 saturated carbocycles. The van der Waals surface area contributed by atoms with Crippen molar-refractivity contribution in [3.63, 3.8) is 0 Å². The van der Waals surface area contributed by atoms with Crippen LogP contribution in [0.3, 0.4) is 0 Å². The zero-order chi connectivity index (χ0) is 13.0. The minimum absolute atomic E-state index is 0.159. The molecule has 1 amide bonds. The van der Waals surface area contributed by atoms with Crippen LogP contribution in [-0.2, 0) is 11.3 Å². The summed E-state index contributed by atoms with van der Waals surface area (Å²) >= 11 is 0. The summed E-state index contributed by atoms with van der Waals surface area (Å²) in [7, 11) is 0.